The fraction of sp³-hybridized carbons (Fsp3) is 0.714. The van der Waals surface area contributed by atoms with Crippen LogP contribution in [0, 0.1) is 0 Å². The molecule has 0 aliphatic carbocycles. The summed E-state index contributed by atoms with van der Waals surface area (Å²) in [4.78, 5) is 7.20. The van der Waals surface area contributed by atoms with E-state index in [9.17, 15) is 10.2 Å². The Morgan fingerprint density at radius 3 is 2.70 bits per heavy atom. The highest BCUT2D eigenvalue weighted by molar-refractivity contribution is 5.51. The number of β-amino-alcohol motifs (C(OH)–C–C–N with tert-alkyl or cyclic N) is 1. The molecule has 1 aromatic rings. The van der Waals surface area contributed by atoms with E-state index in [4.69, 9.17) is 4.74 Å². The first-order valence-corrected chi connectivity index (χ1v) is 10.2. The zero-order valence-electron chi connectivity index (χ0n) is 16.5. The smallest absolute Gasteiger partial charge is 0.120 e. The zero-order chi connectivity index (χ0) is 19.0. The number of benzene rings is 1. The Morgan fingerprint density at radius 1 is 1.19 bits per heavy atom. The molecule has 3 heterocycles. The second-order valence-electron chi connectivity index (χ2n) is 8.69. The predicted molar refractivity (Wildman–Crippen MR) is 106 cm³/mol. The Kier molecular flexibility index (Phi) is 5.34. The molecule has 0 radical (unpaired) electrons. The number of anilines is 1. The van der Waals surface area contributed by atoms with Crippen LogP contribution in [0.5, 0.6) is 5.75 Å². The van der Waals surface area contributed by atoms with E-state index in [1.165, 1.54) is 5.69 Å². The van der Waals surface area contributed by atoms with Gasteiger partial charge in [0.05, 0.1) is 18.8 Å². The molecule has 3 aliphatic heterocycles. The summed E-state index contributed by atoms with van der Waals surface area (Å²) in [5.41, 5.74) is 0.543. The van der Waals surface area contributed by atoms with Crippen molar-refractivity contribution < 1.29 is 14.9 Å². The van der Waals surface area contributed by atoms with Crippen molar-refractivity contribution in [2.24, 2.45) is 0 Å². The normalized spacial score (nSPS) is 31.7. The largest absolute Gasteiger partial charge is 0.497 e. The lowest BCUT2D eigenvalue weighted by Gasteiger charge is -2.47. The van der Waals surface area contributed by atoms with Crippen molar-refractivity contribution >= 4 is 5.69 Å². The lowest BCUT2D eigenvalue weighted by atomic mass is 9.89. The van der Waals surface area contributed by atoms with Crippen LogP contribution in [0.1, 0.15) is 26.2 Å². The van der Waals surface area contributed by atoms with Crippen LogP contribution in [0.25, 0.3) is 0 Å². The third-order valence-corrected chi connectivity index (χ3v) is 6.68. The van der Waals surface area contributed by atoms with Gasteiger partial charge in [0.1, 0.15) is 5.75 Å². The van der Waals surface area contributed by atoms with Gasteiger partial charge in [-0.15, -0.1) is 0 Å². The molecule has 6 heteroatoms. The summed E-state index contributed by atoms with van der Waals surface area (Å²) in [5.74, 6) is 0.874. The van der Waals surface area contributed by atoms with Gasteiger partial charge in [-0.3, -0.25) is 9.80 Å². The van der Waals surface area contributed by atoms with Crippen molar-refractivity contribution in [2.45, 2.75) is 50.0 Å². The van der Waals surface area contributed by atoms with Gasteiger partial charge in [0.15, 0.2) is 0 Å². The molecular weight excluding hydrogens is 342 g/mol. The number of ether oxygens (including phenoxy) is 1. The minimum Gasteiger partial charge on any atom is -0.497 e. The Labute approximate surface area is 162 Å². The molecule has 27 heavy (non-hydrogen) atoms. The standard InChI is InChI=1S/C21H33N3O3/c1-16-12-23-14-19(25)10-18(23)13-24(16)15-21(26)6-8-22(9-7-21)17-4-3-5-20(11-17)27-2/h3-5,11,16,18-19,25-26H,6-10,12-15H2,1-2H3/t16-,18-,19+/m0/s1. The van der Waals surface area contributed by atoms with Crippen LogP contribution < -0.4 is 9.64 Å². The molecule has 3 saturated heterocycles. The maximum Gasteiger partial charge on any atom is 0.120 e. The first-order valence-electron chi connectivity index (χ1n) is 10.2. The third-order valence-electron chi connectivity index (χ3n) is 6.68. The molecule has 3 aliphatic rings. The van der Waals surface area contributed by atoms with E-state index in [2.05, 4.69) is 33.8 Å². The average Bonchev–Trinajstić information content (AvgIpc) is 3.01. The second-order valence-corrected chi connectivity index (χ2v) is 8.69. The number of fused-ring (bicyclic) bond motifs is 1. The Morgan fingerprint density at radius 2 is 1.96 bits per heavy atom. The molecule has 150 valence electrons. The first kappa shape index (κ1) is 19.0. The Bertz CT molecular complexity index is 647. The second kappa shape index (κ2) is 7.59. The van der Waals surface area contributed by atoms with Crippen molar-refractivity contribution in [3.05, 3.63) is 24.3 Å². The van der Waals surface area contributed by atoms with Gasteiger partial charge >= 0.3 is 0 Å². The van der Waals surface area contributed by atoms with Crippen molar-refractivity contribution in [2.75, 3.05) is 51.3 Å². The van der Waals surface area contributed by atoms with E-state index in [0.29, 0.717) is 12.1 Å². The highest BCUT2D eigenvalue weighted by atomic mass is 16.5. The first-order chi connectivity index (χ1) is 13.0. The summed E-state index contributed by atoms with van der Waals surface area (Å²) >= 11 is 0. The van der Waals surface area contributed by atoms with Gasteiger partial charge in [-0.25, -0.2) is 0 Å². The summed E-state index contributed by atoms with van der Waals surface area (Å²) in [6, 6.07) is 9.02. The molecule has 6 nitrogen and oxygen atoms in total. The van der Waals surface area contributed by atoms with Crippen molar-refractivity contribution in [1.82, 2.24) is 9.80 Å². The van der Waals surface area contributed by atoms with Crippen LogP contribution in [-0.2, 0) is 0 Å². The summed E-state index contributed by atoms with van der Waals surface area (Å²) in [6.45, 7) is 7.47. The topological polar surface area (TPSA) is 59.4 Å². The lowest BCUT2D eigenvalue weighted by Crippen LogP contribution is -2.60. The van der Waals surface area contributed by atoms with Gasteiger partial charge in [-0.2, -0.15) is 0 Å². The number of hydrogen-bond donors (Lipinski definition) is 2. The molecule has 3 atom stereocenters. The molecule has 0 unspecified atom stereocenters. The number of aliphatic hydroxyl groups is 2. The number of piperidine rings is 1. The van der Waals surface area contributed by atoms with Gasteiger partial charge in [-0.05, 0) is 38.3 Å². The quantitative estimate of drug-likeness (QED) is 0.824. The minimum absolute atomic E-state index is 0.184. The zero-order valence-corrected chi connectivity index (χ0v) is 16.5. The van der Waals surface area contributed by atoms with Gasteiger partial charge in [0, 0.05) is 63.1 Å². The van der Waals surface area contributed by atoms with Crippen LogP contribution in [0.3, 0.4) is 0 Å². The summed E-state index contributed by atoms with van der Waals surface area (Å²) in [6.07, 6.45) is 2.25. The Balaban J connectivity index is 1.35. The average molecular weight is 376 g/mol. The fourth-order valence-electron chi connectivity index (χ4n) is 5.02. The number of piperazine rings is 1. The van der Waals surface area contributed by atoms with Crippen LogP contribution in [0.15, 0.2) is 24.3 Å². The van der Waals surface area contributed by atoms with Crippen molar-refractivity contribution in [1.29, 1.82) is 0 Å². The molecule has 1 aromatic carbocycles. The molecule has 0 saturated carbocycles. The van der Waals surface area contributed by atoms with E-state index < -0.39 is 5.60 Å². The number of methoxy groups -OCH3 is 1. The maximum atomic E-state index is 11.2. The van der Waals surface area contributed by atoms with Crippen molar-refractivity contribution in [3.63, 3.8) is 0 Å². The molecule has 4 rings (SSSR count). The number of rotatable bonds is 4. The highest BCUT2D eigenvalue weighted by Gasteiger charge is 2.41. The predicted octanol–water partition coefficient (Wildman–Crippen LogP) is 1.17. The molecule has 2 N–H and O–H groups in total. The van der Waals surface area contributed by atoms with E-state index in [1.54, 1.807) is 7.11 Å². The van der Waals surface area contributed by atoms with E-state index in [0.717, 1.165) is 64.3 Å². The summed E-state index contributed by atoms with van der Waals surface area (Å²) in [5, 5.41) is 21.2. The fourth-order valence-corrected chi connectivity index (χ4v) is 5.02. The molecule has 0 amide bonds. The Hall–Kier alpha value is -1.34. The highest BCUT2D eigenvalue weighted by Crippen LogP contribution is 2.31. The van der Waals surface area contributed by atoms with Gasteiger partial charge in [-0.1, -0.05) is 6.07 Å². The lowest BCUT2D eigenvalue weighted by molar-refractivity contribution is -0.0472. The van der Waals surface area contributed by atoms with Crippen LogP contribution in [0.2, 0.25) is 0 Å². The van der Waals surface area contributed by atoms with Crippen molar-refractivity contribution in [3.8, 4) is 5.75 Å². The molecule has 0 spiro atoms. The third kappa shape index (κ3) is 4.09. The van der Waals surface area contributed by atoms with Gasteiger partial charge < -0.3 is 19.8 Å². The van der Waals surface area contributed by atoms with E-state index >= 15 is 0 Å². The number of aliphatic hydroxyl groups excluding tert-OH is 1. The monoisotopic (exact) mass is 375 g/mol. The summed E-state index contributed by atoms with van der Waals surface area (Å²) < 4.78 is 5.34. The van der Waals surface area contributed by atoms with Gasteiger partial charge in [0.2, 0.25) is 0 Å². The van der Waals surface area contributed by atoms with Crippen LogP contribution in [-0.4, -0.2) is 90.2 Å². The SMILES string of the molecule is COc1cccc(N2CCC(O)(CN3C[C@@H]4C[C@@H](O)CN4C[C@@H]3C)CC2)c1. The summed E-state index contributed by atoms with van der Waals surface area (Å²) in [7, 11) is 1.69. The van der Waals surface area contributed by atoms with Crippen LogP contribution in [0.4, 0.5) is 5.69 Å². The van der Waals surface area contributed by atoms with E-state index in [1.807, 2.05) is 12.1 Å². The number of hydrogen-bond acceptors (Lipinski definition) is 6. The van der Waals surface area contributed by atoms with E-state index in [-0.39, 0.29) is 6.10 Å². The molecular formula is C21H33N3O3. The van der Waals surface area contributed by atoms with Crippen LogP contribution >= 0.6 is 0 Å². The molecule has 3 fully saturated rings. The molecule has 0 bridgehead atoms. The number of nitrogens with zero attached hydrogens (tertiary/aromatic N) is 3. The van der Waals surface area contributed by atoms with Gasteiger partial charge in [0.25, 0.3) is 0 Å². The molecule has 0 aromatic heterocycles. The minimum atomic E-state index is -0.622. The maximum absolute atomic E-state index is 11.2.